The molecule has 0 aromatic rings. The summed E-state index contributed by atoms with van der Waals surface area (Å²) in [6.45, 7) is 5.67. The van der Waals surface area contributed by atoms with E-state index in [4.69, 9.17) is 0 Å². The van der Waals surface area contributed by atoms with Crippen molar-refractivity contribution in [2.45, 2.75) is 82.5 Å². The average Bonchev–Trinajstić information content (AvgIpc) is 2.42. The van der Waals surface area contributed by atoms with Gasteiger partial charge in [-0.25, -0.2) is 0 Å². The molecule has 1 fully saturated rings. The van der Waals surface area contributed by atoms with E-state index in [2.05, 4.69) is 49.7 Å². The first-order valence-electron chi connectivity index (χ1n) is 7.97. The van der Waals surface area contributed by atoms with Gasteiger partial charge in [-0.3, -0.25) is 10.6 Å². The lowest BCUT2D eigenvalue weighted by atomic mass is 9.72. The van der Waals surface area contributed by atoms with E-state index >= 15 is 0 Å². The molecule has 0 aromatic heterocycles. The van der Waals surface area contributed by atoms with Gasteiger partial charge < -0.3 is 0 Å². The molecule has 1 aliphatic heterocycles. The fourth-order valence-corrected chi connectivity index (χ4v) is 3.98. The van der Waals surface area contributed by atoms with E-state index in [0.29, 0.717) is 5.41 Å². The summed E-state index contributed by atoms with van der Waals surface area (Å²) in [5.74, 6) is 0. The number of nitrogens with one attached hydrogen (secondary N) is 2. The molecule has 0 saturated carbocycles. The van der Waals surface area contributed by atoms with Gasteiger partial charge >= 0.3 is 0 Å². The standard InChI is InChI=1S/C15H32N2S2/c1-3-5-6-9-15(8-4-2)10-7-13(18)17-14(19)16-12-11-15/h13-14,16-19H,3-12H2,1-2H3. The molecule has 1 saturated heterocycles. The maximum Gasteiger partial charge on any atom is 0.103 e. The van der Waals surface area contributed by atoms with Crippen molar-refractivity contribution < 1.29 is 0 Å². The summed E-state index contributed by atoms with van der Waals surface area (Å²) in [5.41, 5.74) is 0.604. The number of hydrogen-bond acceptors (Lipinski definition) is 4. The first kappa shape index (κ1) is 17.7. The molecular weight excluding hydrogens is 272 g/mol. The number of hydrogen-bond donors (Lipinski definition) is 4. The minimum atomic E-state index is 0.0792. The van der Waals surface area contributed by atoms with Crippen LogP contribution >= 0.6 is 25.3 Å². The van der Waals surface area contributed by atoms with Crippen LogP contribution in [0.5, 0.6) is 0 Å². The highest BCUT2D eigenvalue weighted by Gasteiger charge is 2.30. The predicted octanol–water partition coefficient (Wildman–Crippen LogP) is 4.19. The van der Waals surface area contributed by atoms with E-state index in [1.807, 2.05) is 0 Å². The minimum Gasteiger partial charge on any atom is -0.294 e. The van der Waals surface area contributed by atoms with Crippen LogP contribution in [0, 0.1) is 5.41 Å². The molecule has 19 heavy (non-hydrogen) atoms. The molecule has 1 aliphatic rings. The van der Waals surface area contributed by atoms with E-state index in [-0.39, 0.29) is 10.9 Å². The van der Waals surface area contributed by atoms with E-state index in [0.717, 1.165) is 13.0 Å². The van der Waals surface area contributed by atoms with Crippen LogP contribution < -0.4 is 10.6 Å². The SMILES string of the molecule is CCCCCC1(CCC)CCNC(S)NC(S)CC1. The van der Waals surface area contributed by atoms with Crippen LogP contribution in [0.3, 0.4) is 0 Å². The number of rotatable bonds is 6. The topological polar surface area (TPSA) is 24.1 Å². The summed E-state index contributed by atoms with van der Waals surface area (Å²) in [4.78, 5) is 0. The largest absolute Gasteiger partial charge is 0.294 e. The Balaban J connectivity index is 2.63. The molecule has 0 amide bonds. The van der Waals surface area contributed by atoms with Crippen molar-refractivity contribution in [1.29, 1.82) is 0 Å². The van der Waals surface area contributed by atoms with E-state index in [1.54, 1.807) is 0 Å². The third-order valence-corrected chi connectivity index (χ3v) is 5.12. The highest BCUT2D eigenvalue weighted by atomic mass is 32.1. The molecule has 3 atom stereocenters. The molecule has 3 unspecified atom stereocenters. The van der Waals surface area contributed by atoms with Gasteiger partial charge in [-0.05, 0) is 44.1 Å². The zero-order chi connectivity index (χ0) is 14.1. The molecule has 0 bridgehead atoms. The van der Waals surface area contributed by atoms with Gasteiger partial charge in [-0.2, -0.15) is 12.6 Å². The van der Waals surface area contributed by atoms with Gasteiger partial charge in [-0.15, -0.1) is 12.6 Å². The third kappa shape index (κ3) is 6.74. The molecule has 4 heteroatoms. The van der Waals surface area contributed by atoms with E-state index < -0.39 is 0 Å². The van der Waals surface area contributed by atoms with Gasteiger partial charge in [0.05, 0.1) is 5.37 Å². The van der Waals surface area contributed by atoms with E-state index in [1.165, 1.54) is 51.4 Å². The Morgan fingerprint density at radius 3 is 2.53 bits per heavy atom. The van der Waals surface area contributed by atoms with Crippen molar-refractivity contribution >= 4 is 25.3 Å². The second-order valence-electron chi connectivity index (χ2n) is 6.03. The molecule has 1 rings (SSSR count). The lowest BCUT2D eigenvalue weighted by molar-refractivity contribution is 0.187. The van der Waals surface area contributed by atoms with Crippen molar-refractivity contribution in [3.8, 4) is 0 Å². The molecule has 0 aliphatic carbocycles. The first-order chi connectivity index (χ1) is 9.12. The normalized spacial score (nSPS) is 33.5. The van der Waals surface area contributed by atoms with Crippen molar-refractivity contribution in [2.75, 3.05) is 6.54 Å². The van der Waals surface area contributed by atoms with Gasteiger partial charge in [0, 0.05) is 0 Å². The van der Waals surface area contributed by atoms with Crippen molar-refractivity contribution in [3.05, 3.63) is 0 Å². The highest BCUT2D eigenvalue weighted by Crippen LogP contribution is 2.40. The quantitative estimate of drug-likeness (QED) is 0.437. The molecule has 0 spiro atoms. The molecule has 1 heterocycles. The fourth-order valence-electron chi connectivity index (χ4n) is 3.27. The molecule has 2 N–H and O–H groups in total. The lowest BCUT2D eigenvalue weighted by Gasteiger charge is -2.34. The maximum absolute atomic E-state index is 4.64. The highest BCUT2D eigenvalue weighted by molar-refractivity contribution is 7.81. The van der Waals surface area contributed by atoms with Crippen molar-refractivity contribution in [1.82, 2.24) is 10.6 Å². The van der Waals surface area contributed by atoms with E-state index in [9.17, 15) is 0 Å². The maximum atomic E-state index is 4.64. The Bertz CT molecular complexity index is 238. The molecule has 0 radical (unpaired) electrons. The third-order valence-electron chi connectivity index (χ3n) is 4.38. The van der Waals surface area contributed by atoms with Crippen LogP contribution in [-0.4, -0.2) is 17.4 Å². The smallest absolute Gasteiger partial charge is 0.103 e. The first-order valence-corrected chi connectivity index (χ1v) is 9.01. The monoisotopic (exact) mass is 304 g/mol. The van der Waals surface area contributed by atoms with Crippen LogP contribution in [0.25, 0.3) is 0 Å². The van der Waals surface area contributed by atoms with Crippen molar-refractivity contribution in [2.24, 2.45) is 5.41 Å². The van der Waals surface area contributed by atoms with Crippen LogP contribution in [0.2, 0.25) is 0 Å². The Hall–Kier alpha value is 0.620. The van der Waals surface area contributed by atoms with Gasteiger partial charge in [-0.1, -0.05) is 39.5 Å². The van der Waals surface area contributed by atoms with Gasteiger partial charge in [0.2, 0.25) is 0 Å². The summed E-state index contributed by atoms with van der Waals surface area (Å²) in [7, 11) is 0. The van der Waals surface area contributed by atoms with Crippen LogP contribution in [-0.2, 0) is 0 Å². The zero-order valence-electron chi connectivity index (χ0n) is 12.6. The summed E-state index contributed by atoms with van der Waals surface area (Å²) in [6, 6.07) is 0. The number of unbranched alkanes of at least 4 members (excludes halogenated alkanes) is 2. The van der Waals surface area contributed by atoms with Gasteiger partial charge in [0.1, 0.15) is 5.50 Å². The molecule has 114 valence electrons. The molecule has 0 aromatic carbocycles. The van der Waals surface area contributed by atoms with Crippen molar-refractivity contribution in [3.63, 3.8) is 0 Å². The second kappa shape index (κ2) is 9.54. The molecular formula is C15H32N2S2. The van der Waals surface area contributed by atoms with Crippen LogP contribution in [0.15, 0.2) is 0 Å². The van der Waals surface area contributed by atoms with Crippen LogP contribution in [0.4, 0.5) is 0 Å². The number of thiol groups is 2. The Morgan fingerprint density at radius 2 is 1.84 bits per heavy atom. The van der Waals surface area contributed by atoms with Crippen LogP contribution in [0.1, 0.15) is 71.6 Å². The Labute approximate surface area is 130 Å². The Morgan fingerprint density at radius 1 is 1.05 bits per heavy atom. The minimum absolute atomic E-state index is 0.0792. The summed E-state index contributed by atoms with van der Waals surface area (Å²) >= 11 is 9.15. The second-order valence-corrected chi connectivity index (χ2v) is 7.17. The summed E-state index contributed by atoms with van der Waals surface area (Å²) in [6.07, 6.45) is 11.8. The fraction of sp³-hybridized carbons (Fsp3) is 1.00. The Kier molecular flexibility index (Phi) is 8.87. The van der Waals surface area contributed by atoms with Gasteiger partial charge in [0.25, 0.3) is 0 Å². The molecule has 2 nitrogen and oxygen atoms in total. The average molecular weight is 305 g/mol. The van der Waals surface area contributed by atoms with Gasteiger partial charge in [0.15, 0.2) is 0 Å². The predicted molar refractivity (Wildman–Crippen MR) is 92.0 cm³/mol. The lowest BCUT2D eigenvalue weighted by Crippen LogP contribution is -2.41. The summed E-state index contributed by atoms with van der Waals surface area (Å²) < 4.78 is 0. The summed E-state index contributed by atoms with van der Waals surface area (Å²) in [5, 5.41) is 7.11. The zero-order valence-corrected chi connectivity index (χ0v) is 14.4.